The van der Waals surface area contributed by atoms with Gasteiger partial charge in [-0.3, -0.25) is 10.1 Å². The molecule has 0 unspecified atom stereocenters. The highest BCUT2D eigenvalue weighted by atomic mass is 80.0. The Labute approximate surface area is 139 Å². The van der Waals surface area contributed by atoms with Crippen molar-refractivity contribution in [2.24, 2.45) is 0 Å². The van der Waals surface area contributed by atoms with Crippen LogP contribution in [-0.4, -0.2) is 19.8 Å². The van der Waals surface area contributed by atoms with Crippen molar-refractivity contribution < 1.29 is 4.79 Å². The number of carbonyl (C=O) groups is 1. The summed E-state index contributed by atoms with van der Waals surface area (Å²) < 4.78 is -0.620. The van der Waals surface area contributed by atoms with Crippen molar-refractivity contribution in [2.75, 3.05) is 0 Å². The normalized spacial score (nSPS) is 14.0. The van der Waals surface area contributed by atoms with Crippen molar-refractivity contribution >= 4 is 53.7 Å². The second kappa shape index (κ2) is 6.70. The van der Waals surface area contributed by atoms with E-state index in [1.165, 1.54) is 0 Å². The summed E-state index contributed by atoms with van der Waals surface area (Å²) in [6.45, 7) is 6.11. The van der Waals surface area contributed by atoms with Crippen LogP contribution in [0.3, 0.4) is 0 Å². The SMILES string of the molecule is CC(C)(C)N[C@@H](NC(=O)c1ccccc1)C(Br)(Br)Br. The Balaban J connectivity index is 2.82. The van der Waals surface area contributed by atoms with E-state index in [2.05, 4.69) is 58.4 Å². The van der Waals surface area contributed by atoms with E-state index < -0.39 is 2.14 Å². The Morgan fingerprint density at radius 3 is 2.05 bits per heavy atom. The van der Waals surface area contributed by atoms with Gasteiger partial charge in [0.05, 0.1) is 0 Å². The molecule has 1 aromatic rings. The molecule has 0 fully saturated rings. The number of halogens is 3. The maximum atomic E-state index is 12.2. The van der Waals surface area contributed by atoms with Crippen LogP contribution in [0, 0.1) is 0 Å². The van der Waals surface area contributed by atoms with Crippen molar-refractivity contribution in [2.45, 2.75) is 34.6 Å². The van der Waals surface area contributed by atoms with E-state index in [4.69, 9.17) is 0 Å². The first-order chi connectivity index (χ1) is 8.59. The maximum absolute atomic E-state index is 12.2. The summed E-state index contributed by atoms with van der Waals surface area (Å²) in [4.78, 5) is 12.2. The van der Waals surface area contributed by atoms with Crippen LogP contribution >= 0.6 is 47.8 Å². The number of alkyl halides is 3. The average molecular weight is 457 g/mol. The van der Waals surface area contributed by atoms with Gasteiger partial charge in [-0.05, 0) is 32.9 Å². The summed E-state index contributed by atoms with van der Waals surface area (Å²) in [6, 6.07) is 9.12. The molecule has 0 aliphatic carbocycles. The van der Waals surface area contributed by atoms with Crippen molar-refractivity contribution in [3.63, 3.8) is 0 Å². The van der Waals surface area contributed by atoms with E-state index in [1.54, 1.807) is 12.1 Å². The third-order valence-electron chi connectivity index (χ3n) is 2.22. The first-order valence-corrected chi connectivity index (χ1v) is 8.18. The number of amides is 1. The molecule has 2 N–H and O–H groups in total. The van der Waals surface area contributed by atoms with E-state index in [0.717, 1.165) is 0 Å². The number of rotatable bonds is 3. The van der Waals surface area contributed by atoms with Crippen LogP contribution in [0.25, 0.3) is 0 Å². The quantitative estimate of drug-likeness (QED) is 0.533. The van der Waals surface area contributed by atoms with Gasteiger partial charge in [-0.2, -0.15) is 0 Å². The fourth-order valence-corrected chi connectivity index (χ4v) is 2.12. The molecule has 1 rings (SSSR count). The second-order valence-electron chi connectivity index (χ2n) is 5.21. The Kier molecular flexibility index (Phi) is 6.04. The molecule has 0 saturated carbocycles. The van der Waals surface area contributed by atoms with E-state index in [1.807, 2.05) is 39.0 Å². The molecule has 106 valence electrons. The van der Waals surface area contributed by atoms with Gasteiger partial charge in [-0.15, -0.1) is 0 Å². The first-order valence-electron chi connectivity index (χ1n) is 5.80. The lowest BCUT2D eigenvalue weighted by Crippen LogP contribution is -2.58. The lowest BCUT2D eigenvalue weighted by molar-refractivity contribution is 0.0925. The standard InChI is InChI=1S/C13H17Br3N2O/c1-12(2,3)18-11(13(14,15)16)17-10(19)9-7-5-4-6-8-9/h4-8,11,18H,1-3H3,(H,17,19)/t11-/m1/s1. The first kappa shape index (κ1) is 17.1. The van der Waals surface area contributed by atoms with Crippen LogP contribution in [0.4, 0.5) is 0 Å². The summed E-state index contributed by atoms with van der Waals surface area (Å²) in [5, 5.41) is 6.26. The van der Waals surface area contributed by atoms with E-state index >= 15 is 0 Å². The summed E-state index contributed by atoms with van der Waals surface area (Å²) in [7, 11) is 0. The molecule has 1 atom stereocenters. The van der Waals surface area contributed by atoms with E-state index in [9.17, 15) is 4.79 Å². The topological polar surface area (TPSA) is 41.1 Å². The van der Waals surface area contributed by atoms with Gasteiger partial charge in [0, 0.05) is 11.1 Å². The van der Waals surface area contributed by atoms with Crippen LogP contribution in [0.2, 0.25) is 0 Å². The molecule has 6 heteroatoms. The third kappa shape index (κ3) is 6.38. The third-order valence-corrected chi connectivity index (χ3v) is 3.59. The monoisotopic (exact) mass is 454 g/mol. The average Bonchev–Trinajstić information content (AvgIpc) is 2.26. The highest BCUT2D eigenvalue weighted by Gasteiger charge is 2.34. The summed E-state index contributed by atoms with van der Waals surface area (Å²) in [5.41, 5.74) is 0.481. The molecule has 0 aliphatic heterocycles. The number of hydrogen-bond donors (Lipinski definition) is 2. The van der Waals surface area contributed by atoms with Gasteiger partial charge < -0.3 is 5.32 Å². The van der Waals surface area contributed by atoms with Crippen molar-refractivity contribution in [3.05, 3.63) is 35.9 Å². The van der Waals surface area contributed by atoms with E-state index in [-0.39, 0.29) is 17.6 Å². The Hall–Kier alpha value is 0.0900. The van der Waals surface area contributed by atoms with Crippen LogP contribution in [0.15, 0.2) is 30.3 Å². The molecule has 3 nitrogen and oxygen atoms in total. The zero-order valence-corrected chi connectivity index (χ0v) is 15.8. The summed E-state index contributed by atoms with van der Waals surface area (Å²) in [6.07, 6.45) is -0.333. The molecule has 1 aromatic carbocycles. The van der Waals surface area contributed by atoms with Gasteiger partial charge in [0.15, 0.2) is 2.14 Å². The van der Waals surface area contributed by atoms with Gasteiger partial charge in [0.2, 0.25) is 0 Å². The molecule has 0 heterocycles. The fraction of sp³-hybridized carbons (Fsp3) is 0.462. The minimum absolute atomic E-state index is 0.134. The van der Waals surface area contributed by atoms with E-state index in [0.29, 0.717) is 5.56 Å². The molecule has 1 amide bonds. The second-order valence-corrected chi connectivity index (χ2v) is 12.2. The number of carbonyl (C=O) groups excluding carboxylic acids is 1. The lowest BCUT2D eigenvalue weighted by Gasteiger charge is -2.34. The highest BCUT2D eigenvalue weighted by molar-refractivity contribution is 9.39. The zero-order chi connectivity index (χ0) is 14.7. The molecular formula is C13H17Br3N2O. The predicted molar refractivity (Wildman–Crippen MR) is 90.1 cm³/mol. The minimum atomic E-state index is -0.620. The molecular weight excluding hydrogens is 440 g/mol. The summed E-state index contributed by atoms with van der Waals surface area (Å²) in [5.74, 6) is -0.134. The predicted octanol–water partition coefficient (Wildman–Crippen LogP) is 3.97. The largest absolute Gasteiger partial charge is 0.334 e. The van der Waals surface area contributed by atoms with Crippen molar-refractivity contribution in [1.82, 2.24) is 10.6 Å². The van der Waals surface area contributed by atoms with Crippen molar-refractivity contribution in [1.29, 1.82) is 0 Å². The molecule has 0 bridgehead atoms. The molecule has 19 heavy (non-hydrogen) atoms. The van der Waals surface area contributed by atoms with Crippen LogP contribution < -0.4 is 10.6 Å². The fourth-order valence-electron chi connectivity index (χ4n) is 1.44. The van der Waals surface area contributed by atoms with Gasteiger partial charge >= 0.3 is 0 Å². The van der Waals surface area contributed by atoms with Gasteiger partial charge in [0.1, 0.15) is 6.17 Å². The highest BCUT2D eigenvalue weighted by Crippen LogP contribution is 2.36. The molecule has 0 aliphatic rings. The molecule has 0 radical (unpaired) electrons. The lowest BCUT2D eigenvalue weighted by atomic mass is 10.1. The van der Waals surface area contributed by atoms with Crippen LogP contribution in [-0.2, 0) is 0 Å². The zero-order valence-electron chi connectivity index (χ0n) is 11.0. The number of benzene rings is 1. The number of nitrogens with one attached hydrogen (secondary N) is 2. The molecule has 0 saturated heterocycles. The Morgan fingerprint density at radius 2 is 1.63 bits per heavy atom. The van der Waals surface area contributed by atoms with Gasteiger partial charge in [-0.1, -0.05) is 66.0 Å². The van der Waals surface area contributed by atoms with Crippen LogP contribution in [0.5, 0.6) is 0 Å². The maximum Gasteiger partial charge on any atom is 0.252 e. The van der Waals surface area contributed by atoms with Gasteiger partial charge in [0.25, 0.3) is 5.91 Å². The Morgan fingerprint density at radius 1 is 1.11 bits per heavy atom. The minimum Gasteiger partial charge on any atom is -0.334 e. The van der Waals surface area contributed by atoms with Crippen molar-refractivity contribution in [3.8, 4) is 0 Å². The number of hydrogen-bond acceptors (Lipinski definition) is 2. The smallest absolute Gasteiger partial charge is 0.252 e. The molecule has 0 aromatic heterocycles. The molecule has 0 spiro atoms. The Bertz CT molecular complexity index is 424. The summed E-state index contributed by atoms with van der Waals surface area (Å²) >= 11 is 10.4. The van der Waals surface area contributed by atoms with Gasteiger partial charge in [-0.25, -0.2) is 0 Å². The van der Waals surface area contributed by atoms with Crippen LogP contribution in [0.1, 0.15) is 31.1 Å².